The molecule has 1 aliphatic rings. The molecule has 1 fully saturated rings. The van der Waals surface area contributed by atoms with Gasteiger partial charge in [-0.05, 0) is 45.0 Å². The Morgan fingerprint density at radius 1 is 1.18 bits per heavy atom. The second kappa shape index (κ2) is 6.75. The van der Waals surface area contributed by atoms with Crippen LogP contribution in [0.5, 0.6) is 5.75 Å². The van der Waals surface area contributed by atoms with Crippen molar-refractivity contribution in [3.05, 3.63) is 36.0 Å². The maximum atomic E-state index is 9.96. The van der Waals surface area contributed by atoms with Gasteiger partial charge in [-0.1, -0.05) is 12.1 Å². The third-order valence-corrected chi connectivity index (χ3v) is 3.93. The lowest BCUT2D eigenvalue weighted by Gasteiger charge is -2.15. The van der Waals surface area contributed by atoms with E-state index >= 15 is 0 Å². The molecule has 3 rings (SSSR count). The number of likely N-dealkylation sites (tertiary alicyclic amines) is 1. The summed E-state index contributed by atoms with van der Waals surface area (Å²) in [7, 11) is 0. The molecular formula is C17H22N4O. The summed E-state index contributed by atoms with van der Waals surface area (Å²) in [6.45, 7) is 6.25. The largest absolute Gasteiger partial charge is 0.507 e. The lowest BCUT2D eigenvalue weighted by molar-refractivity contribution is 0.352. The number of nitrogens with zero attached hydrogens (tertiary/aromatic N) is 3. The number of rotatable bonds is 5. The first-order chi connectivity index (χ1) is 10.7. The van der Waals surface area contributed by atoms with E-state index in [4.69, 9.17) is 0 Å². The Kier molecular flexibility index (Phi) is 4.53. The van der Waals surface area contributed by atoms with Gasteiger partial charge in [-0.3, -0.25) is 0 Å². The van der Waals surface area contributed by atoms with Crippen LogP contribution in [0.1, 0.15) is 18.5 Å². The molecule has 0 amide bonds. The minimum absolute atomic E-state index is 0.205. The summed E-state index contributed by atoms with van der Waals surface area (Å²) in [4.78, 5) is 11.4. The molecule has 1 saturated heterocycles. The van der Waals surface area contributed by atoms with Gasteiger partial charge in [0.15, 0.2) is 5.82 Å². The Balaban J connectivity index is 1.71. The van der Waals surface area contributed by atoms with E-state index in [0.29, 0.717) is 11.4 Å². The van der Waals surface area contributed by atoms with Gasteiger partial charge < -0.3 is 15.3 Å². The first-order valence-corrected chi connectivity index (χ1v) is 7.82. The molecule has 2 N–H and O–H groups in total. The van der Waals surface area contributed by atoms with Crippen molar-refractivity contribution >= 4 is 5.82 Å². The molecule has 5 heteroatoms. The molecule has 0 aliphatic carbocycles. The second-order valence-corrected chi connectivity index (χ2v) is 5.71. The van der Waals surface area contributed by atoms with Crippen LogP contribution in [0.3, 0.4) is 0 Å². The van der Waals surface area contributed by atoms with Crippen LogP contribution in [0.15, 0.2) is 30.3 Å². The van der Waals surface area contributed by atoms with Crippen molar-refractivity contribution in [3.63, 3.8) is 0 Å². The first-order valence-electron chi connectivity index (χ1n) is 7.82. The number of hydrogen-bond donors (Lipinski definition) is 2. The molecule has 1 aliphatic heterocycles. The monoisotopic (exact) mass is 298 g/mol. The second-order valence-electron chi connectivity index (χ2n) is 5.71. The zero-order chi connectivity index (χ0) is 15.4. The van der Waals surface area contributed by atoms with E-state index in [2.05, 4.69) is 20.2 Å². The number of phenolic OH excluding ortho intramolecular Hbond substituents is 1. The van der Waals surface area contributed by atoms with Gasteiger partial charge >= 0.3 is 0 Å². The van der Waals surface area contributed by atoms with Crippen LogP contribution in [-0.4, -0.2) is 46.2 Å². The van der Waals surface area contributed by atoms with Crippen molar-refractivity contribution in [1.82, 2.24) is 14.9 Å². The Labute approximate surface area is 131 Å². The van der Waals surface area contributed by atoms with Crippen molar-refractivity contribution < 1.29 is 5.11 Å². The van der Waals surface area contributed by atoms with E-state index in [1.54, 1.807) is 12.1 Å². The summed E-state index contributed by atoms with van der Waals surface area (Å²) < 4.78 is 0. The topological polar surface area (TPSA) is 61.3 Å². The summed E-state index contributed by atoms with van der Waals surface area (Å²) in [6, 6.07) is 9.10. The average molecular weight is 298 g/mol. The number of aromatic hydroxyl groups is 1. The van der Waals surface area contributed by atoms with Crippen LogP contribution in [0, 0.1) is 6.92 Å². The third-order valence-electron chi connectivity index (χ3n) is 3.93. The lowest BCUT2D eigenvalue weighted by Crippen LogP contribution is -2.26. The smallest absolute Gasteiger partial charge is 0.165 e. The van der Waals surface area contributed by atoms with E-state index < -0.39 is 0 Å². The summed E-state index contributed by atoms with van der Waals surface area (Å²) >= 11 is 0. The number of aromatic nitrogens is 2. The van der Waals surface area contributed by atoms with Gasteiger partial charge in [-0.2, -0.15) is 0 Å². The SMILES string of the molecule is Cc1cc(NCCN2CCCC2)nc(-c2ccccc2O)n1. The first kappa shape index (κ1) is 14.8. The number of nitrogens with one attached hydrogen (secondary N) is 1. The molecule has 0 atom stereocenters. The number of anilines is 1. The van der Waals surface area contributed by atoms with E-state index in [0.717, 1.165) is 24.6 Å². The fourth-order valence-electron chi connectivity index (χ4n) is 2.79. The Bertz CT molecular complexity index is 638. The van der Waals surface area contributed by atoms with E-state index in [1.807, 2.05) is 25.1 Å². The summed E-state index contributed by atoms with van der Waals surface area (Å²) in [5.41, 5.74) is 1.55. The molecule has 0 spiro atoms. The van der Waals surface area contributed by atoms with Crippen molar-refractivity contribution in [1.29, 1.82) is 0 Å². The van der Waals surface area contributed by atoms with Gasteiger partial charge in [0.25, 0.3) is 0 Å². The fourth-order valence-corrected chi connectivity index (χ4v) is 2.79. The minimum atomic E-state index is 0.205. The van der Waals surface area contributed by atoms with Gasteiger partial charge in [-0.25, -0.2) is 9.97 Å². The zero-order valence-corrected chi connectivity index (χ0v) is 12.9. The van der Waals surface area contributed by atoms with Crippen LogP contribution in [-0.2, 0) is 0 Å². The highest BCUT2D eigenvalue weighted by molar-refractivity contribution is 5.64. The molecule has 2 heterocycles. The standard InChI is InChI=1S/C17H22N4O/c1-13-12-16(18-8-11-21-9-4-5-10-21)20-17(19-13)14-6-2-3-7-15(14)22/h2-3,6-7,12,22H,4-5,8-11H2,1H3,(H,18,19,20). The van der Waals surface area contributed by atoms with E-state index in [1.165, 1.54) is 25.9 Å². The Morgan fingerprint density at radius 3 is 2.73 bits per heavy atom. The fraction of sp³-hybridized carbons (Fsp3) is 0.412. The molecule has 1 aromatic carbocycles. The van der Waals surface area contributed by atoms with Crippen LogP contribution in [0.4, 0.5) is 5.82 Å². The van der Waals surface area contributed by atoms with Crippen LogP contribution in [0.25, 0.3) is 11.4 Å². The van der Waals surface area contributed by atoms with Crippen molar-refractivity contribution in [2.24, 2.45) is 0 Å². The molecule has 0 radical (unpaired) electrons. The predicted molar refractivity (Wildman–Crippen MR) is 88.0 cm³/mol. The maximum absolute atomic E-state index is 9.96. The molecule has 0 saturated carbocycles. The number of benzene rings is 1. The Morgan fingerprint density at radius 2 is 1.95 bits per heavy atom. The highest BCUT2D eigenvalue weighted by Gasteiger charge is 2.11. The molecule has 22 heavy (non-hydrogen) atoms. The normalized spacial score (nSPS) is 15.1. The quantitative estimate of drug-likeness (QED) is 0.888. The number of aryl methyl sites for hydroxylation is 1. The predicted octanol–water partition coefficient (Wildman–Crippen LogP) is 2.67. The van der Waals surface area contributed by atoms with Crippen LogP contribution in [0.2, 0.25) is 0 Å². The lowest BCUT2D eigenvalue weighted by atomic mass is 10.2. The zero-order valence-electron chi connectivity index (χ0n) is 12.9. The van der Waals surface area contributed by atoms with E-state index in [9.17, 15) is 5.11 Å². The number of para-hydroxylation sites is 1. The molecule has 0 bridgehead atoms. The van der Waals surface area contributed by atoms with Crippen molar-refractivity contribution in [2.45, 2.75) is 19.8 Å². The van der Waals surface area contributed by atoms with E-state index in [-0.39, 0.29) is 5.75 Å². The highest BCUT2D eigenvalue weighted by atomic mass is 16.3. The van der Waals surface area contributed by atoms with Gasteiger partial charge in [-0.15, -0.1) is 0 Å². The Hall–Kier alpha value is -2.14. The van der Waals surface area contributed by atoms with Crippen molar-refractivity contribution in [2.75, 3.05) is 31.5 Å². The van der Waals surface area contributed by atoms with Crippen molar-refractivity contribution in [3.8, 4) is 17.1 Å². The summed E-state index contributed by atoms with van der Waals surface area (Å²) in [5, 5.41) is 13.3. The van der Waals surface area contributed by atoms with Gasteiger partial charge in [0.05, 0.1) is 5.56 Å². The van der Waals surface area contributed by atoms with Crippen LogP contribution >= 0.6 is 0 Å². The third kappa shape index (κ3) is 3.54. The van der Waals surface area contributed by atoms with Crippen LogP contribution < -0.4 is 5.32 Å². The molecule has 116 valence electrons. The number of phenols is 1. The van der Waals surface area contributed by atoms with Gasteiger partial charge in [0.2, 0.25) is 0 Å². The summed E-state index contributed by atoms with van der Waals surface area (Å²) in [6.07, 6.45) is 2.62. The molecular weight excluding hydrogens is 276 g/mol. The highest BCUT2D eigenvalue weighted by Crippen LogP contribution is 2.26. The van der Waals surface area contributed by atoms with Gasteiger partial charge in [0, 0.05) is 24.8 Å². The molecule has 1 aromatic heterocycles. The molecule has 2 aromatic rings. The maximum Gasteiger partial charge on any atom is 0.165 e. The summed E-state index contributed by atoms with van der Waals surface area (Å²) in [5.74, 6) is 1.57. The minimum Gasteiger partial charge on any atom is -0.507 e. The number of hydrogen-bond acceptors (Lipinski definition) is 5. The molecule has 5 nitrogen and oxygen atoms in total. The average Bonchev–Trinajstić information content (AvgIpc) is 3.00. The van der Waals surface area contributed by atoms with Gasteiger partial charge in [0.1, 0.15) is 11.6 Å². The molecule has 0 unspecified atom stereocenters.